The predicted octanol–water partition coefficient (Wildman–Crippen LogP) is 2.89. The van der Waals surface area contributed by atoms with Crippen LogP contribution in [0.2, 0.25) is 0 Å². The summed E-state index contributed by atoms with van der Waals surface area (Å²) in [7, 11) is 0. The molecule has 78 valence electrons. The number of hydrogen-bond donors (Lipinski definition) is 2. The SMILES string of the molecule is Nc1[nH]ncc1-c1ccc(CF)c(Br)c1. The Balaban J connectivity index is 2.47. The highest BCUT2D eigenvalue weighted by Gasteiger charge is 2.07. The lowest BCUT2D eigenvalue weighted by Gasteiger charge is -2.03. The Morgan fingerprint density at radius 1 is 1.47 bits per heavy atom. The van der Waals surface area contributed by atoms with E-state index in [1.165, 1.54) is 0 Å². The second kappa shape index (κ2) is 4.02. The molecule has 0 unspecified atom stereocenters. The molecular weight excluding hydrogens is 261 g/mol. The topological polar surface area (TPSA) is 54.7 Å². The van der Waals surface area contributed by atoms with Gasteiger partial charge in [0.2, 0.25) is 0 Å². The van der Waals surface area contributed by atoms with Crippen molar-refractivity contribution < 1.29 is 4.39 Å². The van der Waals surface area contributed by atoms with Gasteiger partial charge in [0.1, 0.15) is 12.5 Å². The van der Waals surface area contributed by atoms with Gasteiger partial charge in [-0.05, 0) is 17.2 Å². The van der Waals surface area contributed by atoms with Crippen LogP contribution in [0, 0.1) is 0 Å². The number of aromatic amines is 1. The van der Waals surface area contributed by atoms with E-state index in [0.717, 1.165) is 15.6 Å². The van der Waals surface area contributed by atoms with Crippen LogP contribution in [0.25, 0.3) is 11.1 Å². The van der Waals surface area contributed by atoms with Crippen molar-refractivity contribution in [3.05, 3.63) is 34.4 Å². The van der Waals surface area contributed by atoms with E-state index in [9.17, 15) is 4.39 Å². The van der Waals surface area contributed by atoms with Gasteiger partial charge in [0.05, 0.1) is 6.20 Å². The summed E-state index contributed by atoms with van der Waals surface area (Å²) in [5, 5.41) is 6.48. The van der Waals surface area contributed by atoms with E-state index in [2.05, 4.69) is 26.1 Å². The highest BCUT2D eigenvalue weighted by molar-refractivity contribution is 9.10. The zero-order valence-electron chi connectivity index (χ0n) is 7.80. The lowest BCUT2D eigenvalue weighted by molar-refractivity contribution is 0.484. The third-order valence-electron chi connectivity index (χ3n) is 2.18. The van der Waals surface area contributed by atoms with Gasteiger partial charge in [-0.3, -0.25) is 5.10 Å². The first-order valence-electron chi connectivity index (χ1n) is 4.36. The summed E-state index contributed by atoms with van der Waals surface area (Å²) < 4.78 is 13.2. The van der Waals surface area contributed by atoms with Gasteiger partial charge in [-0.2, -0.15) is 5.10 Å². The van der Waals surface area contributed by atoms with Crippen molar-refractivity contribution >= 4 is 21.7 Å². The number of rotatable bonds is 2. The smallest absolute Gasteiger partial charge is 0.126 e. The zero-order chi connectivity index (χ0) is 10.8. The number of anilines is 1. The molecule has 0 radical (unpaired) electrons. The van der Waals surface area contributed by atoms with Gasteiger partial charge >= 0.3 is 0 Å². The van der Waals surface area contributed by atoms with Gasteiger partial charge in [-0.1, -0.05) is 28.1 Å². The van der Waals surface area contributed by atoms with Crippen LogP contribution in [-0.4, -0.2) is 10.2 Å². The minimum atomic E-state index is -0.484. The van der Waals surface area contributed by atoms with E-state index in [1.807, 2.05) is 12.1 Å². The summed E-state index contributed by atoms with van der Waals surface area (Å²) in [4.78, 5) is 0. The number of hydrogen-bond acceptors (Lipinski definition) is 2. The minimum absolute atomic E-state index is 0.484. The molecule has 0 saturated carbocycles. The largest absolute Gasteiger partial charge is 0.384 e. The van der Waals surface area contributed by atoms with Crippen molar-refractivity contribution in [1.82, 2.24) is 10.2 Å². The molecule has 2 rings (SSSR count). The van der Waals surface area contributed by atoms with Gasteiger partial charge in [0.25, 0.3) is 0 Å². The van der Waals surface area contributed by atoms with Crippen molar-refractivity contribution in [2.45, 2.75) is 6.67 Å². The third kappa shape index (κ3) is 1.87. The second-order valence-corrected chi connectivity index (χ2v) is 3.99. The monoisotopic (exact) mass is 269 g/mol. The van der Waals surface area contributed by atoms with Crippen LogP contribution < -0.4 is 5.73 Å². The van der Waals surface area contributed by atoms with Gasteiger partial charge in [0, 0.05) is 10.0 Å². The highest BCUT2D eigenvalue weighted by atomic mass is 79.9. The number of halogens is 2. The molecule has 0 atom stereocenters. The molecule has 15 heavy (non-hydrogen) atoms. The Morgan fingerprint density at radius 3 is 2.80 bits per heavy atom. The molecule has 0 amide bonds. The highest BCUT2D eigenvalue weighted by Crippen LogP contribution is 2.28. The standard InChI is InChI=1S/C10H9BrFN3/c11-9-3-6(1-2-7(9)4-12)8-5-14-15-10(8)13/h1-3,5H,4H2,(H3,13,14,15). The molecule has 2 aromatic rings. The fourth-order valence-electron chi connectivity index (χ4n) is 1.35. The Kier molecular flexibility index (Phi) is 2.73. The molecule has 1 aromatic carbocycles. The minimum Gasteiger partial charge on any atom is -0.384 e. The zero-order valence-corrected chi connectivity index (χ0v) is 9.38. The molecule has 0 saturated heterocycles. The maximum Gasteiger partial charge on any atom is 0.126 e. The lowest BCUT2D eigenvalue weighted by Crippen LogP contribution is -1.88. The third-order valence-corrected chi connectivity index (χ3v) is 2.92. The molecular formula is C10H9BrFN3. The number of nitrogens with one attached hydrogen (secondary N) is 1. The quantitative estimate of drug-likeness (QED) is 0.881. The Bertz CT molecular complexity index is 481. The van der Waals surface area contributed by atoms with Crippen molar-refractivity contribution in [2.24, 2.45) is 0 Å². The number of nitrogens with two attached hydrogens (primary N) is 1. The number of nitrogen functional groups attached to an aromatic ring is 1. The Morgan fingerprint density at radius 2 is 2.27 bits per heavy atom. The van der Waals surface area contributed by atoms with Crippen LogP contribution in [0.4, 0.5) is 10.2 Å². The van der Waals surface area contributed by atoms with Crippen LogP contribution >= 0.6 is 15.9 Å². The molecule has 0 aliphatic rings. The number of nitrogens with zero attached hydrogens (tertiary/aromatic N) is 1. The van der Waals surface area contributed by atoms with Crippen LogP contribution in [-0.2, 0) is 6.67 Å². The van der Waals surface area contributed by atoms with Crippen LogP contribution in [0.3, 0.4) is 0 Å². The van der Waals surface area contributed by atoms with E-state index >= 15 is 0 Å². The summed E-state index contributed by atoms with van der Waals surface area (Å²) in [5.74, 6) is 0.509. The second-order valence-electron chi connectivity index (χ2n) is 3.14. The number of benzene rings is 1. The Labute approximate surface area is 94.6 Å². The average molecular weight is 270 g/mol. The van der Waals surface area contributed by atoms with Crippen LogP contribution in [0.15, 0.2) is 28.9 Å². The maximum absolute atomic E-state index is 12.5. The van der Waals surface area contributed by atoms with Crippen LogP contribution in [0.1, 0.15) is 5.56 Å². The predicted molar refractivity (Wildman–Crippen MR) is 60.9 cm³/mol. The summed E-state index contributed by atoms with van der Waals surface area (Å²) in [6, 6.07) is 5.38. The molecule has 3 N–H and O–H groups in total. The molecule has 0 spiro atoms. The molecule has 0 aliphatic heterocycles. The molecule has 3 nitrogen and oxygen atoms in total. The summed E-state index contributed by atoms with van der Waals surface area (Å²) >= 11 is 3.31. The van der Waals surface area contributed by atoms with Crippen molar-refractivity contribution in [1.29, 1.82) is 0 Å². The van der Waals surface area contributed by atoms with E-state index in [1.54, 1.807) is 12.3 Å². The molecule has 0 aliphatic carbocycles. The van der Waals surface area contributed by atoms with E-state index in [-0.39, 0.29) is 0 Å². The summed E-state index contributed by atoms with van der Waals surface area (Å²) in [6.45, 7) is -0.484. The summed E-state index contributed by atoms with van der Waals surface area (Å²) in [5.41, 5.74) is 8.04. The van der Waals surface area contributed by atoms with Crippen molar-refractivity contribution in [2.75, 3.05) is 5.73 Å². The molecule has 5 heteroatoms. The van der Waals surface area contributed by atoms with Gasteiger partial charge in [-0.15, -0.1) is 0 Å². The van der Waals surface area contributed by atoms with E-state index in [0.29, 0.717) is 11.4 Å². The summed E-state index contributed by atoms with van der Waals surface area (Å²) in [6.07, 6.45) is 1.65. The van der Waals surface area contributed by atoms with E-state index in [4.69, 9.17) is 5.73 Å². The maximum atomic E-state index is 12.5. The van der Waals surface area contributed by atoms with Crippen LogP contribution in [0.5, 0.6) is 0 Å². The number of alkyl halides is 1. The van der Waals surface area contributed by atoms with Gasteiger partial charge < -0.3 is 5.73 Å². The van der Waals surface area contributed by atoms with E-state index < -0.39 is 6.67 Å². The number of H-pyrrole nitrogens is 1. The first kappa shape index (κ1) is 10.2. The lowest BCUT2D eigenvalue weighted by atomic mass is 10.1. The first-order valence-corrected chi connectivity index (χ1v) is 5.15. The molecule has 0 bridgehead atoms. The fraction of sp³-hybridized carbons (Fsp3) is 0.100. The van der Waals surface area contributed by atoms with Crippen molar-refractivity contribution in [3.8, 4) is 11.1 Å². The fourth-order valence-corrected chi connectivity index (χ4v) is 1.83. The molecule has 1 aromatic heterocycles. The molecule has 0 fully saturated rings. The normalized spacial score (nSPS) is 10.5. The molecule has 1 heterocycles. The Hall–Kier alpha value is -1.36. The number of aromatic nitrogens is 2. The average Bonchev–Trinajstić information content (AvgIpc) is 2.64. The first-order chi connectivity index (χ1) is 7.22. The van der Waals surface area contributed by atoms with Gasteiger partial charge in [0.15, 0.2) is 0 Å². The van der Waals surface area contributed by atoms with Gasteiger partial charge in [-0.25, -0.2) is 4.39 Å². The van der Waals surface area contributed by atoms with Crippen molar-refractivity contribution in [3.63, 3.8) is 0 Å².